The van der Waals surface area contributed by atoms with Crippen LogP contribution in [0.5, 0.6) is 0 Å². The highest BCUT2D eigenvalue weighted by molar-refractivity contribution is 14.1. The van der Waals surface area contributed by atoms with E-state index in [9.17, 15) is 8.42 Å². The highest BCUT2D eigenvalue weighted by atomic mass is 127. The Morgan fingerprint density at radius 3 is 2.38 bits per heavy atom. The van der Waals surface area contributed by atoms with E-state index >= 15 is 0 Å². The molecule has 1 aromatic rings. The van der Waals surface area contributed by atoms with Gasteiger partial charge in [0.1, 0.15) is 0 Å². The van der Waals surface area contributed by atoms with Crippen molar-refractivity contribution in [3.8, 4) is 0 Å². The van der Waals surface area contributed by atoms with Crippen molar-refractivity contribution in [3.63, 3.8) is 0 Å². The van der Waals surface area contributed by atoms with E-state index in [1.807, 2.05) is 0 Å². The van der Waals surface area contributed by atoms with E-state index in [4.69, 9.17) is 0 Å². The third-order valence-corrected chi connectivity index (χ3v) is 6.67. The van der Waals surface area contributed by atoms with E-state index in [-0.39, 0.29) is 5.75 Å². The molecule has 1 N–H and O–H groups in total. The quantitative estimate of drug-likeness (QED) is 0.743. The predicted octanol–water partition coefficient (Wildman–Crippen LogP) is 2.76. The van der Waals surface area contributed by atoms with Crippen LogP contribution in [0.1, 0.15) is 38.3 Å². The summed E-state index contributed by atoms with van der Waals surface area (Å²) in [6.07, 6.45) is 1.77. The molecule has 1 aliphatic heterocycles. The molecular formula is C15H23IN2O2S. The van der Waals surface area contributed by atoms with Crippen molar-refractivity contribution in [3.05, 3.63) is 33.4 Å². The van der Waals surface area contributed by atoms with E-state index in [2.05, 4.69) is 59.1 Å². The van der Waals surface area contributed by atoms with Gasteiger partial charge < -0.3 is 5.32 Å². The molecule has 0 aromatic heterocycles. The van der Waals surface area contributed by atoms with E-state index in [1.54, 1.807) is 11.2 Å². The molecule has 0 bridgehead atoms. The molecule has 1 atom stereocenters. The van der Waals surface area contributed by atoms with Gasteiger partial charge in [-0.1, -0.05) is 12.1 Å². The zero-order valence-electron chi connectivity index (χ0n) is 12.5. The van der Waals surface area contributed by atoms with Crippen LogP contribution in [0.25, 0.3) is 0 Å². The largest absolute Gasteiger partial charge is 0.307 e. The number of nitrogens with one attached hydrogen (secondary N) is 1. The Hall–Kier alpha value is -0.180. The summed E-state index contributed by atoms with van der Waals surface area (Å²) in [4.78, 5) is 0. The van der Waals surface area contributed by atoms with Crippen molar-refractivity contribution in [1.82, 2.24) is 9.62 Å². The lowest BCUT2D eigenvalue weighted by Crippen LogP contribution is -2.45. The summed E-state index contributed by atoms with van der Waals surface area (Å²) < 4.78 is 26.5. The lowest BCUT2D eigenvalue weighted by molar-refractivity contribution is 0.277. The molecule has 6 heteroatoms. The Kier molecular flexibility index (Phi) is 6.05. The van der Waals surface area contributed by atoms with Gasteiger partial charge in [-0.05, 0) is 67.0 Å². The minimum atomic E-state index is -3.03. The van der Waals surface area contributed by atoms with Crippen molar-refractivity contribution in [1.29, 1.82) is 0 Å². The maximum Gasteiger partial charge on any atom is 0.213 e. The maximum atomic E-state index is 11.8. The average Bonchev–Trinajstić information content (AvgIpc) is 2.48. The number of rotatable bonds is 5. The molecule has 4 nitrogen and oxygen atoms in total. The first-order valence-corrected chi connectivity index (χ1v) is 10.1. The molecule has 1 aliphatic rings. The molecular weight excluding hydrogens is 399 g/mol. The number of piperidine rings is 1. The summed E-state index contributed by atoms with van der Waals surface area (Å²) in [5.74, 6) is 0.199. The zero-order valence-corrected chi connectivity index (χ0v) is 15.5. The Labute approximate surface area is 141 Å². The third-order valence-electron chi connectivity index (χ3n) is 4.07. The van der Waals surface area contributed by atoms with Gasteiger partial charge in [0.2, 0.25) is 10.0 Å². The molecule has 1 heterocycles. The lowest BCUT2D eigenvalue weighted by Gasteiger charge is -2.33. The van der Waals surface area contributed by atoms with Crippen LogP contribution in [0.4, 0.5) is 0 Å². The van der Waals surface area contributed by atoms with Gasteiger partial charge >= 0.3 is 0 Å². The summed E-state index contributed by atoms with van der Waals surface area (Å²) >= 11 is 2.31. The first-order valence-electron chi connectivity index (χ1n) is 7.41. The van der Waals surface area contributed by atoms with E-state index < -0.39 is 10.0 Å². The van der Waals surface area contributed by atoms with Crippen LogP contribution in [-0.2, 0) is 10.0 Å². The minimum Gasteiger partial charge on any atom is -0.307 e. The normalized spacial score (nSPS) is 19.6. The standard InChI is InChI=1S/C15H23IN2O2S/c1-3-21(19,20)18-10-8-15(9-11-18)17-12(2)13-4-6-14(16)7-5-13/h4-7,12,15,17H,3,8-11H2,1-2H3. The number of benzene rings is 1. The van der Waals surface area contributed by atoms with Crippen LogP contribution in [-0.4, -0.2) is 37.6 Å². The fourth-order valence-corrected chi connectivity index (χ4v) is 4.18. The molecule has 1 fully saturated rings. The zero-order chi connectivity index (χ0) is 15.5. The Balaban J connectivity index is 1.87. The number of nitrogens with zero attached hydrogens (tertiary/aromatic N) is 1. The van der Waals surface area contributed by atoms with Gasteiger partial charge in [0.25, 0.3) is 0 Å². The molecule has 0 amide bonds. The Morgan fingerprint density at radius 1 is 1.29 bits per heavy atom. The maximum absolute atomic E-state index is 11.8. The van der Waals surface area contributed by atoms with Gasteiger partial charge in [-0.25, -0.2) is 12.7 Å². The number of hydrogen-bond donors (Lipinski definition) is 1. The highest BCUT2D eigenvalue weighted by Crippen LogP contribution is 2.19. The van der Waals surface area contributed by atoms with Crippen LogP contribution < -0.4 is 5.32 Å². The van der Waals surface area contributed by atoms with Gasteiger partial charge in [-0.3, -0.25) is 0 Å². The molecule has 1 saturated heterocycles. The smallest absolute Gasteiger partial charge is 0.213 e. The van der Waals surface area contributed by atoms with Crippen LogP contribution in [0.2, 0.25) is 0 Å². The predicted molar refractivity (Wildman–Crippen MR) is 94.8 cm³/mol. The van der Waals surface area contributed by atoms with Crippen molar-refractivity contribution < 1.29 is 8.42 Å². The molecule has 1 unspecified atom stereocenters. The molecule has 1 aromatic carbocycles. The minimum absolute atomic E-state index is 0.199. The van der Waals surface area contributed by atoms with Crippen molar-refractivity contribution in [2.24, 2.45) is 0 Å². The van der Waals surface area contributed by atoms with Crippen LogP contribution in [0.3, 0.4) is 0 Å². The topological polar surface area (TPSA) is 49.4 Å². The molecule has 0 radical (unpaired) electrons. The van der Waals surface area contributed by atoms with Crippen molar-refractivity contribution in [2.75, 3.05) is 18.8 Å². The summed E-state index contributed by atoms with van der Waals surface area (Å²) in [6, 6.07) is 9.21. The third kappa shape index (κ3) is 4.64. The van der Waals surface area contributed by atoms with Crippen molar-refractivity contribution >= 4 is 32.6 Å². The molecule has 21 heavy (non-hydrogen) atoms. The number of hydrogen-bond acceptors (Lipinski definition) is 3. The van der Waals surface area contributed by atoms with E-state index in [0.717, 1.165) is 12.8 Å². The van der Waals surface area contributed by atoms with Crippen LogP contribution in [0.15, 0.2) is 24.3 Å². The Bertz CT molecular complexity index is 552. The van der Waals surface area contributed by atoms with E-state index in [0.29, 0.717) is 25.2 Å². The molecule has 118 valence electrons. The molecule has 2 rings (SSSR count). The summed E-state index contributed by atoms with van der Waals surface area (Å²) in [6.45, 7) is 5.14. The van der Waals surface area contributed by atoms with Gasteiger partial charge in [-0.2, -0.15) is 0 Å². The SMILES string of the molecule is CCS(=O)(=O)N1CCC(NC(C)c2ccc(I)cc2)CC1. The monoisotopic (exact) mass is 422 g/mol. The number of sulfonamides is 1. The fraction of sp³-hybridized carbons (Fsp3) is 0.600. The highest BCUT2D eigenvalue weighted by Gasteiger charge is 2.27. The lowest BCUT2D eigenvalue weighted by atomic mass is 10.0. The number of halogens is 1. The second kappa shape index (κ2) is 7.39. The Morgan fingerprint density at radius 2 is 1.86 bits per heavy atom. The molecule has 0 aliphatic carbocycles. The fourth-order valence-electron chi connectivity index (χ4n) is 2.68. The second-order valence-corrected chi connectivity index (χ2v) is 9.02. The molecule has 0 spiro atoms. The van der Waals surface area contributed by atoms with E-state index in [1.165, 1.54) is 9.13 Å². The second-order valence-electron chi connectivity index (χ2n) is 5.51. The average molecular weight is 422 g/mol. The van der Waals surface area contributed by atoms with Gasteiger partial charge in [-0.15, -0.1) is 0 Å². The van der Waals surface area contributed by atoms with Crippen LogP contribution in [0, 0.1) is 3.57 Å². The summed E-state index contributed by atoms with van der Waals surface area (Å²) in [5.41, 5.74) is 1.28. The molecule has 0 saturated carbocycles. The van der Waals surface area contributed by atoms with Gasteiger partial charge in [0.15, 0.2) is 0 Å². The first-order chi connectivity index (χ1) is 9.92. The summed E-state index contributed by atoms with van der Waals surface area (Å²) in [7, 11) is -3.03. The van der Waals surface area contributed by atoms with Gasteiger partial charge in [0, 0.05) is 28.7 Å². The first kappa shape index (κ1) is 17.2. The van der Waals surface area contributed by atoms with Gasteiger partial charge in [0.05, 0.1) is 5.75 Å². The summed E-state index contributed by atoms with van der Waals surface area (Å²) in [5, 5.41) is 3.62. The van der Waals surface area contributed by atoms with Crippen LogP contribution >= 0.6 is 22.6 Å². The van der Waals surface area contributed by atoms with Crippen molar-refractivity contribution in [2.45, 2.75) is 38.8 Å².